The summed E-state index contributed by atoms with van der Waals surface area (Å²) < 4.78 is 9.95. The Morgan fingerprint density at radius 3 is 2.69 bits per heavy atom. The lowest BCUT2D eigenvalue weighted by Crippen LogP contribution is -2.01. The summed E-state index contributed by atoms with van der Waals surface area (Å²) in [5, 5.41) is 8.48. The van der Waals surface area contributed by atoms with E-state index >= 15 is 0 Å². The van der Waals surface area contributed by atoms with Gasteiger partial charge in [0, 0.05) is 25.9 Å². The summed E-state index contributed by atoms with van der Waals surface area (Å²) in [4.78, 5) is 10.3. The van der Waals surface area contributed by atoms with Crippen molar-refractivity contribution in [1.29, 1.82) is 0 Å². The number of rotatable bonds is 7. The van der Waals surface area contributed by atoms with Crippen molar-refractivity contribution >= 4 is 5.97 Å². The minimum atomic E-state index is -0.902. The molecule has 0 aromatic heterocycles. The summed E-state index contributed by atoms with van der Waals surface area (Å²) in [5.41, 5.74) is 0.312. The molecule has 0 spiro atoms. The Balaban J connectivity index is 3.34. The van der Waals surface area contributed by atoms with Gasteiger partial charge in [-0.05, 0) is 19.4 Å². The van der Waals surface area contributed by atoms with Gasteiger partial charge >= 0.3 is 5.97 Å². The summed E-state index contributed by atoms with van der Waals surface area (Å²) in [5.74, 6) is -0.902. The number of carboxylic acid groups (broad SMARTS) is 1. The van der Waals surface area contributed by atoms with Crippen molar-refractivity contribution in [1.82, 2.24) is 0 Å². The SMILES string of the molecule is COCCCOCC=C(C)C(=O)O. The van der Waals surface area contributed by atoms with Crippen LogP contribution >= 0.6 is 0 Å². The van der Waals surface area contributed by atoms with Gasteiger partial charge in [0.05, 0.1) is 6.61 Å². The molecular weight excluding hydrogens is 172 g/mol. The van der Waals surface area contributed by atoms with Gasteiger partial charge in [0.1, 0.15) is 0 Å². The van der Waals surface area contributed by atoms with Gasteiger partial charge in [0.15, 0.2) is 0 Å². The van der Waals surface area contributed by atoms with Gasteiger partial charge in [-0.25, -0.2) is 4.79 Å². The Morgan fingerprint density at radius 1 is 1.46 bits per heavy atom. The third kappa shape index (κ3) is 7.49. The predicted molar refractivity (Wildman–Crippen MR) is 48.7 cm³/mol. The van der Waals surface area contributed by atoms with E-state index in [-0.39, 0.29) is 0 Å². The third-order valence-corrected chi connectivity index (χ3v) is 1.48. The van der Waals surface area contributed by atoms with Crippen molar-refractivity contribution in [3.05, 3.63) is 11.6 Å². The van der Waals surface area contributed by atoms with Gasteiger partial charge in [-0.3, -0.25) is 0 Å². The summed E-state index contributed by atoms with van der Waals surface area (Å²) in [6.07, 6.45) is 2.38. The van der Waals surface area contributed by atoms with Crippen molar-refractivity contribution < 1.29 is 19.4 Å². The van der Waals surface area contributed by atoms with Crippen LogP contribution in [0.25, 0.3) is 0 Å². The smallest absolute Gasteiger partial charge is 0.331 e. The first-order chi connectivity index (χ1) is 6.18. The number of aliphatic carboxylic acids is 1. The highest BCUT2D eigenvalue weighted by Gasteiger charge is 1.97. The van der Waals surface area contributed by atoms with Crippen LogP contribution in [0, 0.1) is 0 Å². The predicted octanol–water partition coefficient (Wildman–Crippen LogP) is 1.07. The quantitative estimate of drug-likeness (QED) is 0.479. The molecule has 0 aliphatic rings. The fourth-order valence-corrected chi connectivity index (χ4v) is 0.660. The molecule has 0 radical (unpaired) electrons. The van der Waals surface area contributed by atoms with Crippen molar-refractivity contribution in [2.24, 2.45) is 0 Å². The van der Waals surface area contributed by atoms with Crippen molar-refractivity contribution in [3.8, 4) is 0 Å². The number of hydrogen-bond donors (Lipinski definition) is 1. The van der Waals surface area contributed by atoms with E-state index in [1.807, 2.05) is 0 Å². The van der Waals surface area contributed by atoms with Crippen LogP contribution in [0.1, 0.15) is 13.3 Å². The number of hydrogen-bond acceptors (Lipinski definition) is 3. The van der Waals surface area contributed by atoms with Crippen LogP contribution < -0.4 is 0 Å². The molecule has 0 aliphatic carbocycles. The van der Waals surface area contributed by atoms with Crippen LogP contribution in [-0.4, -0.2) is 38.0 Å². The maximum absolute atomic E-state index is 10.3. The van der Waals surface area contributed by atoms with E-state index in [9.17, 15) is 4.79 Å². The molecular formula is C9H16O4. The van der Waals surface area contributed by atoms with Crippen molar-refractivity contribution in [3.63, 3.8) is 0 Å². The average Bonchev–Trinajstić information content (AvgIpc) is 2.10. The highest BCUT2D eigenvalue weighted by atomic mass is 16.5. The van der Waals surface area contributed by atoms with E-state index in [1.165, 1.54) is 0 Å². The number of carboxylic acids is 1. The number of carbonyl (C=O) groups is 1. The second-order valence-corrected chi connectivity index (χ2v) is 2.61. The Hall–Kier alpha value is -0.870. The second-order valence-electron chi connectivity index (χ2n) is 2.61. The number of ether oxygens (including phenoxy) is 2. The van der Waals surface area contributed by atoms with Gasteiger partial charge in [0.2, 0.25) is 0 Å². The molecule has 0 aromatic rings. The van der Waals surface area contributed by atoms with E-state index in [1.54, 1.807) is 20.1 Å². The molecule has 0 saturated heterocycles. The Bertz CT molecular complexity index is 174. The highest BCUT2D eigenvalue weighted by molar-refractivity contribution is 5.85. The van der Waals surface area contributed by atoms with Crippen LogP contribution in [0.3, 0.4) is 0 Å². The monoisotopic (exact) mass is 188 g/mol. The van der Waals surface area contributed by atoms with Crippen LogP contribution in [0.2, 0.25) is 0 Å². The molecule has 0 aliphatic heterocycles. The van der Waals surface area contributed by atoms with Crippen LogP contribution in [0.4, 0.5) is 0 Å². The summed E-state index contributed by atoms with van der Waals surface area (Å²) in [6, 6.07) is 0. The van der Waals surface area contributed by atoms with Crippen molar-refractivity contribution in [2.75, 3.05) is 26.9 Å². The standard InChI is InChI=1S/C9H16O4/c1-8(9(10)11)4-7-13-6-3-5-12-2/h4H,3,5-7H2,1-2H3,(H,10,11). The molecule has 0 amide bonds. The molecule has 0 atom stereocenters. The minimum Gasteiger partial charge on any atom is -0.478 e. The second kappa shape index (κ2) is 7.76. The molecule has 0 fully saturated rings. The largest absolute Gasteiger partial charge is 0.478 e. The van der Waals surface area contributed by atoms with Gasteiger partial charge in [0.25, 0.3) is 0 Å². The lowest BCUT2D eigenvalue weighted by Gasteiger charge is -2.00. The molecule has 13 heavy (non-hydrogen) atoms. The zero-order valence-corrected chi connectivity index (χ0v) is 8.08. The maximum atomic E-state index is 10.3. The zero-order chi connectivity index (χ0) is 10.1. The molecule has 4 nitrogen and oxygen atoms in total. The fraction of sp³-hybridized carbons (Fsp3) is 0.667. The van der Waals surface area contributed by atoms with Crippen molar-refractivity contribution in [2.45, 2.75) is 13.3 Å². The van der Waals surface area contributed by atoms with E-state index in [0.717, 1.165) is 6.42 Å². The fourth-order valence-electron chi connectivity index (χ4n) is 0.660. The van der Waals surface area contributed by atoms with Gasteiger partial charge < -0.3 is 14.6 Å². The highest BCUT2D eigenvalue weighted by Crippen LogP contribution is 1.92. The Kier molecular flexibility index (Phi) is 7.24. The molecule has 76 valence electrons. The Morgan fingerprint density at radius 2 is 2.15 bits per heavy atom. The average molecular weight is 188 g/mol. The number of methoxy groups -OCH3 is 1. The molecule has 0 unspecified atom stereocenters. The summed E-state index contributed by atoms with van der Waals surface area (Å²) in [7, 11) is 1.63. The van der Waals surface area contributed by atoms with Crippen LogP contribution in [-0.2, 0) is 14.3 Å². The lowest BCUT2D eigenvalue weighted by atomic mass is 10.3. The van der Waals surface area contributed by atoms with E-state index in [4.69, 9.17) is 14.6 Å². The normalized spacial score (nSPS) is 11.7. The maximum Gasteiger partial charge on any atom is 0.331 e. The van der Waals surface area contributed by atoms with E-state index in [0.29, 0.717) is 25.4 Å². The molecule has 4 heteroatoms. The van der Waals surface area contributed by atoms with Crippen LogP contribution in [0.15, 0.2) is 11.6 Å². The molecule has 1 N–H and O–H groups in total. The van der Waals surface area contributed by atoms with Gasteiger partial charge in [-0.2, -0.15) is 0 Å². The minimum absolute atomic E-state index is 0.312. The van der Waals surface area contributed by atoms with Crippen LogP contribution in [0.5, 0.6) is 0 Å². The van der Waals surface area contributed by atoms with Gasteiger partial charge in [-0.15, -0.1) is 0 Å². The third-order valence-electron chi connectivity index (χ3n) is 1.48. The van der Waals surface area contributed by atoms with E-state index in [2.05, 4.69) is 0 Å². The molecule has 0 bridgehead atoms. The summed E-state index contributed by atoms with van der Waals surface area (Å²) >= 11 is 0. The Labute approximate surface area is 78.2 Å². The van der Waals surface area contributed by atoms with Gasteiger partial charge in [-0.1, -0.05) is 0 Å². The molecule has 0 saturated carbocycles. The first-order valence-corrected chi connectivity index (χ1v) is 4.15. The topological polar surface area (TPSA) is 55.8 Å². The molecule has 0 heterocycles. The first-order valence-electron chi connectivity index (χ1n) is 4.15. The van der Waals surface area contributed by atoms with E-state index < -0.39 is 5.97 Å². The zero-order valence-electron chi connectivity index (χ0n) is 8.08. The first kappa shape index (κ1) is 12.1. The molecule has 0 aromatic carbocycles. The molecule has 0 rings (SSSR count). The lowest BCUT2D eigenvalue weighted by molar-refractivity contribution is -0.132. The summed E-state index contributed by atoms with van der Waals surface area (Å²) in [6.45, 7) is 3.15.